The summed E-state index contributed by atoms with van der Waals surface area (Å²) in [6.45, 7) is 6.82. The molecular formula is C16H23N5. The lowest BCUT2D eigenvalue weighted by molar-refractivity contribution is 0.261. The summed E-state index contributed by atoms with van der Waals surface area (Å²) in [6.07, 6.45) is 5.47. The summed E-state index contributed by atoms with van der Waals surface area (Å²) in [4.78, 5) is 0. The van der Waals surface area contributed by atoms with Crippen molar-refractivity contribution in [3.05, 3.63) is 30.1 Å². The average molecular weight is 285 g/mol. The summed E-state index contributed by atoms with van der Waals surface area (Å²) in [5, 5.41) is 15.0. The monoisotopic (exact) mass is 285 g/mol. The lowest BCUT2D eigenvalue weighted by atomic mass is 9.79. The molecule has 3 unspecified atom stereocenters. The number of aromatic nitrogens is 4. The zero-order valence-electron chi connectivity index (χ0n) is 13.0. The Morgan fingerprint density at radius 2 is 2.05 bits per heavy atom. The number of tetrazole rings is 1. The van der Waals surface area contributed by atoms with Gasteiger partial charge in [-0.05, 0) is 72.2 Å². The Morgan fingerprint density at radius 3 is 2.71 bits per heavy atom. The van der Waals surface area contributed by atoms with Gasteiger partial charge in [-0.2, -0.15) is 0 Å². The van der Waals surface area contributed by atoms with Crippen molar-refractivity contribution < 1.29 is 0 Å². The molecule has 1 aliphatic carbocycles. The van der Waals surface area contributed by atoms with E-state index in [2.05, 4.69) is 59.8 Å². The molecule has 1 aliphatic rings. The number of rotatable bonds is 3. The van der Waals surface area contributed by atoms with Gasteiger partial charge in [0.05, 0.1) is 5.69 Å². The fraction of sp³-hybridized carbons (Fsp3) is 0.562. The molecule has 1 aromatic heterocycles. The number of nitrogens with one attached hydrogen (secondary N) is 1. The van der Waals surface area contributed by atoms with Gasteiger partial charge in [0.1, 0.15) is 6.33 Å². The van der Waals surface area contributed by atoms with Crippen molar-refractivity contribution in [2.75, 3.05) is 5.32 Å². The molecule has 1 saturated carbocycles. The molecule has 3 rings (SSSR count). The van der Waals surface area contributed by atoms with Crippen molar-refractivity contribution in [1.82, 2.24) is 20.2 Å². The van der Waals surface area contributed by atoms with Crippen LogP contribution in [0.15, 0.2) is 24.5 Å². The second kappa shape index (κ2) is 5.84. The molecule has 5 heteroatoms. The Bertz CT molecular complexity index is 593. The van der Waals surface area contributed by atoms with Gasteiger partial charge < -0.3 is 5.32 Å². The van der Waals surface area contributed by atoms with Crippen LogP contribution in [-0.4, -0.2) is 26.2 Å². The summed E-state index contributed by atoms with van der Waals surface area (Å²) in [6, 6.07) is 6.96. The van der Waals surface area contributed by atoms with Gasteiger partial charge in [0, 0.05) is 11.7 Å². The summed E-state index contributed by atoms with van der Waals surface area (Å²) >= 11 is 0. The van der Waals surface area contributed by atoms with Crippen molar-refractivity contribution >= 4 is 5.69 Å². The van der Waals surface area contributed by atoms with Gasteiger partial charge in [-0.1, -0.05) is 13.8 Å². The summed E-state index contributed by atoms with van der Waals surface area (Å²) in [5.74, 6) is 1.66. The largest absolute Gasteiger partial charge is 0.382 e. The smallest absolute Gasteiger partial charge is 0.143 e. The zero-order valence-corrected chi connectivity index (χ0v) is 13.0. The molecule has 1 fully saturated rings. The number of aryl methyl sites for hydroxylation is 1. The van der Waals surface area contributed by atoms with Crippen LogP contribution in [0.3, 0.4) is 0 Å². The first kappa shape index (κ1) is 14.0. The maximum Gasteiger partial charge on any atom is 0.143 e. The molecule has 1 N–H and O–H groups in total. The van der Waals surface area contributed by atoms with Gasteiger partial charge in [-0.15, -0.1) is 5.10 Å². The quantitative estimate of drug-likeness (QED) is 0.941. The molecular weight excluding hydrogens is 262 g/mol. The summed E-state index contributed by atoms with van der Waals surface area (Å²) < 4.78 is 1.70. The molecule has 2 aromatic rings. The Labute approximate surface area is 125 Å². The van der Waals surface area contributed by atoms with Crippen LogP contribution in [0.4, 0.5) is 5.69 Å². The van der Waals surface area contributed by atoms with E-state index in [-0.39, 0.29) is 0 Å². The third kappa shape index (κ3) is 3.06. The third-order valence-electron chi connectivity index (χ3n) is 4.76. The van der Waals surface area contributed by atoms with Crippen molar-refractivity contribution in [3.63, 3.8) is 0 Å². The minimum absolute atomic E-state index is 0.592. The van der Waals surface area contributed by atoms with Crippen molar-refractivity contribution in [2.45, 2.75) is 46.1 Å². The van der Waals surface area contributed by atoms with E-state index in [1.54, 1.807) is 11.0 Å². The van der Waals surface area contributed by atoms with E-state index in [0.29, 0.717) is 6.04 Å². The first-order valence-corrected chi connectivity index (χ1v) is 7.74. The predicted octanol–water partition coefficient (Wildman–Crippen LogP) is 3.21. The highest BCUT2D eigenvalue weighted by Crippen LogP contribution is 2.31. The van der Waals surface area contributed by atoms with Crippen LogP contribution in [0.5, 0.6) is 0 Å². The lowest BCUT2D eigenvalue weighted by Crippen LogP contribution is -2.30. The predicted molar refractivity (Wildman–Crippen MR) is 83.5 cm³/mol. The molecule has 0 bridgehead atoms. The highest BCUT2D eigenvalue weighted by molar-refractivity contribution is 5.53. The van der Waals surface area contributed by atoms with Gasteiger partial charge in [-0.25, -0.2) is 4.68 Å². The van der Waals surface area contributed by atoms with Gasteiger partial charge >= 0.3 is 0 Å². The molecule has 0 amide bonds. The Morgan fingerprint density at radius 1 is 1.19 bits per heavy atom. The van der Waals surface area contributed by atoms with E-state index in [9.17, 15) is 0 Å². The SMILES string of the molecule is Cc1cc(NC2CCC(C)C(C)C2)ccc1-n1cnnn1. The Hall–Kier alpha value is -1.91. The van der Waals surface area contributed by atoms with Crippen molar-refractivity contribution in [3.8, 4) is 5.69 Å². The molecule has 112 valence electrons. The second-order valence-corrected chi connectivity index (χ2v) is 6.36. The Kier molecular flexibility index (Phi) is 3.90. The summed E-state index contributed by atoms with van der Waals surface area (Å²) in [7, 11) is 0. The number of nitrogens with zero attached hydrogens (tertiary/aromatic N) is 4. The van der Waals surface area contributed by atoms with E-state index in [0.717, 1.165) is 17.5 Å². The first-order chi connectivity index (χ1) is 10.1. The van der Waals surface area contributed by atoms with Gasteiger partial charge in [0.2, 0.25) is 0 Å². The lowest BCUT2D eigenvalue weighted by Gasteiger charge is -2.33. The van der Waals surface area contributed by atoms with Crippen LogP contribution in [0.1, 0.15) is 38.7 Å². The van der Waals surface area contributed by atoms with Crippen LogP contribution in [0.25, 0.3) is 5.69 Å². The molecule has 21 heavy (non-hydrogen) atoms. The molecule has 1 aromatic carbocycles. The molecule has 5 nitrogen and oxygen atoms in total. The first-order valence-electron chi connectivity index (χ1n) is 7.74. The fourth-order valence-corrected chi connectivity index (χ4v) is 3.19. The van der Waals surface area contributed by atoms with Crippen molar-refractivity contribution in [1.29, 1.82) is 0 Å². The van der Waals surface area contributed by atoms with Gasteiger partial charge in [-0.3, -0.25) is 0 Å². The normalized spacial score (nSPS) is 25.8. The highest BCUT2D eigenvalue weighted by atomic mass is 15.5. The van der Waals surface area contributed by atoms with E-state index in [4.69, 9.17) is 0 Å². The Balaban J connectivity index is 1.71. The second-order valence-electron chi connectivity index (χ2n) is 6.36. The molecule has 3 atom stereocenters. The number of anilines is 1. The zero-order chi connectivity index (χ0) is 14.8. The molecule has 0 aliphatic heterocycles. The molecule has 0 saturated heterocycles. The van der Waals surface area contributed by atoms with Crippen LogP contribution < -0.4 is 5.32 Å². The topological polar surface area (TPSA) is 55.6 Å². The van der Waals surface area contributed by atoms with Crippen LogP contribution in [-0.2, 0) is 0 Å². The maximum atomic E-state index is 3.95. The van der Waals surface area contributed by atoms with E-state index >= 15 is 0 Å². The van der Waals surface area contributed by atoms with Crippen LogP contribution in [0.2, 0.25) is 0 Å². The molecule has 0 radical (unpaired) electrons. The minimum atomic E-state index is 0.592. The molecule has 1 heterocycles. The van der Waals surface area contributed by atoms with E-state index in [1.807, 2.05) is 0 Å². The van der Waals surface area contributed by atoms with Crippen molar-refractivity contribution in [2.24, 2.45) is 11.8 Å². The fourth-order valence-electron chi connectivity index (χ4n) is 3.19. The maximum absolute atomic E-state index is 3.95. The number of hydrogen-bond donors (Lipinski definition) is 1. The third-order valence-corrected chi connectivity index (χ3v) is 4.76. The van der Waals surface area contributed by atoms with Crippen LogP contribution in [0, 0.1) is 18.8 Å². The van der Waals surface area contributed by atoms with E-state index in [1.165, 1.54) is 30.5 Å². The van der Waals surface area contributed by atoms with E-state index < -0.39 is 0 Å². The molecule has 0 spiro atoms. The van der Waals surface area contributed by atoms with Gasteiger partial charge in [0.25, 0.3) is 0 Å². The average Bonchev–Trinajstić information content (AvgIpc) is 2.97. The minimum Gasteiger partial charge on any atom is -0.382 e. The number of benzene rings is 1. The van der Waals surface area contributed by atoms with Gasteiger partial charge in [0.15, 0.2) is 0 Å². The van der Waals surface area contributed by atoms with Crippen LogP contribution >= 0.6 is 0 Å². The standard InChI is InChI=1S/C16H23N5/c1-11-4-5-14(8-12(11)2)18-15-6-7-16(13(3)9-15)21-10-17-19-20-21/h6-7,9-12,14,18H,4-5,8H2,1-3H3. The highest BCUT2D eigenvalue weighted by Gasteiger charge is 2.24. The summed E-state index contributed by atoms with van der Waals surface area (Å²) in [5.41, 5.74) is 3.39. The number of hydrogen-bond acceptors (Lipinski definition) is 4.